The molecule has 3 atom stereocenters. The van der Waals surface area contributed by atoms with Crippen molar-refractivity contribution < 1.29 is 9.59 Å². The van der Waals surface area contributed by atoms with Crippen LogP contribution < -0.4 is 10.6 Å². The van der Waals surface area contributed by atoms with Crippen LogP contribution in [0.5, 0.6) is 0 Å². The van der Waals surface area contributed by atoms with Gasteiger partial charge in [0.1, 0.15) is 0 Å². The molecule has 2 fully saturated rings. The van der Waals surface area contributed by atoms with Crippen LogP contribution in [0.3, 0.4) is 0 Å². The summed E-state index contributed by atoms with van der Waals surface area (Å²) in [7, 11) is 0. The number of anilines is 1. The van der Waals surface area contributed by atoms with Crippen LogP contribution in [0.25, 0.3) is 0 Å². The molecule has 1 aliphatic carbocycles. The standard InChI is InChI=1S/C17H23N3O2.ClH/c1-11-8-15(11)16(21)19-14-5-3-4-13(9-14)17(22)20-7-6-18-12(2)10-20;/h3-5,9,11-12,15,18H,6-8,10H2,1-2H3,(H,19,21);1H. The summed E-state index contributed by atoms with van der Waals surface area (Å²) in [5.74, 6) is 0.706. The number of rotatable bonds is 3. The fourth-order valence-corrected chi connectivity index (χ4v) is 2.95. The van der Waals surface area contributed by atoms with E-state index < -0.39 is 0 Å². The number of carbonyl (C=O) groups is 2. The Labute approximate surface area is 143 Å². The van der Waals surface area contributed by atoms with Gasteiger partial charge in [-0.05, 0) is 37.5 Å². The van der Waals surface area contributed by atoms with Gasteiger partial charge in [-0.15, -0.1) is 12.4 Å². The summed E-state index contributed by atoms with van der Waals surface area (Å²) >= 11 is 0. The van der Waals surface area contributed by atoms with Crippen molar-refractivity contribution in [2.24, 2.45) is 11.8 Å². The van der Waals surface area contributed by atoms with Gasteiger partial charge >= 0.3 is 0 Å². The number of nitrogens with one attached hydrogen (secondary N) is 2. The molecular formula is C17H24ClN3O2. The highest BCUT2D eigenvalue weighted by atomic mass is 35.5. The lowest BCUT2D eigenvalue weighted by molar-refractivity contribution is -0.117. The molecule has 1 saturated heterocycles. The van der Waals surface area contributed by atoms with E-state index in [1.54, 1.807) is 6.07 Å². The van der Waals surface area contributed by atoms with Crippen molar-refractivity contribution in [3.8, 4) is 0 Å². The topological polar surface area (TPSA) is 61.4 Å². The van der Waals surface area contributed by atoms with Gasteiger partial charge in [-0.1, -0.05) is 13.0 Å². The van der Waals surface area contributed by atoms with Crippen LogP contribution in [0.2, 0.25) is 0 Å². The molecule has 0 radical (unpaired) electrons. The molecule has 0 bridgehead atoms. The summed E-state index contributed by atoms with van der Waals surface area (Å²) in [6.45, 7) is 6.42. The molecular weight excluding hydrogens is 314 g/mol. The smallest absolute Gasteiger partial charge is 0.254 e. The molecule has 0 aromatic heterocycles. The predicted molar refractivity (Wildman–Crippen MR) is 93.0 cm³/mol. The first-order chi connectivity index (χ1) is 10.5. The maximum absolute atomic E-state index is 12.6. The number of hydrogen-bond donors (Lipinski definition) is 2. The van der Waals surface area contributed by atoms with Gasteiger partial charge in [0.25, 0.3) is 5.91 Å². The Bertz CT molecular complexity index is 593. The van der Waals surface area contributed by atoms with Crippen LogP contribution in [0.15, 0.2) is 24.3 Å². The van der Waals surface area contributed by atoms with E-state index >= 15 is 0 Å². The van der Waals surface area contributed by atoms with Crippen LogP contribution in [0.1, 0.15) is 30.6 Å². The first-order valence-electron chi connectivity index (χ1n) is 7.98. The number of halogens is 1. The van der Waals surface area contributed by atoms with Crippen molar-refractivity contribution >= 4 is 29.9 Å². The maximum Gasteiger partial charge on any atom is 0.254 e. The molecule has 2 amide bonds. The highest BCUT2D eigenvalue weighted by Crippen LogP contribution is 2.38. The molecule has 1 aromatic rings. The van der Waals surface area contributed by atoms with E-state index in [2.05, 4.69) is 24.5 Å². The Morgan fingerprint density at radius 1 is 1.30 bits per heavy atom. The Hall–Kier alpha value is -1.59. The van der Waals surface area contributed by atoms with Crippen LogP contribution in [0.4, 0.5) is 5.69 Å². The molecule has 126 valence electrons. The molecule has 3 rings (SSSR count). The molecule has 3 unspecified atom stereocenters. The zero-order valence-corrected chi connectivity index (χ0v) is 14.4. The van der Waals surface area contributed by atoms with E-state index in [0.717, 1.165) is 26.1 Å². The normalized spacial score (nSPS) is 26.2. The average Bonchev–Trinajstić information content (AvgIpc) is 3.24. The van der Waals surface area contributed by atoms with Crippen molar-refractivity contribution in [1.82, 2.24) is 10.2 Å². The number of piperazine rings is 1. The zero-order chi connectivity index (χ0) is 15.7. The molecule has 6 heteroatoms. The molecule has 0 spiro atoms. The SMILES string of the molecule is CC1CN(C(=O)c2cccc(NC(=O)C3CC3C)c2)CCN1.Cl. The summed E-state index contributed by atoms with van der Waals surface area (Å²) in [5.41, 5.74) is 1.34. The number of hydrogen-bond acceptors (Lipinski definition) is 3. The third-order valence-corrected chi connectivity index (χ3v) is 4.48. The minimum absolute atomic E-state index is 0. The van der Waals surface area contributed by atoms with E-state index in [9.17, 15) is 9.59 Å². The minimum atomic E-state index is 0. The Balaban J connectivity index is 0.00000192. The quantitative estimate of drug-likeness (QED) is 0.888. The summed E-state index contributed by atoms with van der Waals surface area (Å²) < 4.78 is 0. The summed E-state index contributed by atoms with van der Waals surface area (Å²) in [6, 6.07) is 7.56. The van der Waals surface area contributed by atoms with E-state index in [-0.39, 0.29) is 30.1 Å². The van der Waals surface area contributed by atoms with Crippen molar-refractivity contribution in [3.63, 3.8) is 0 Å². The first kappa shape index (κ1) is 17.8. The fourth-order valence-electron chi connectivity index (χ4n) is 2.95. The minimum Gasteiger partial charge on any atom is -0.336 e. The van der Waals surface area contributed by atoms with Gasteiger partial charge in [0.05, 0.1) is 0 Å². The van der Waals surface area contributed by atoms with Gasteiger partial charge in [-0.25, -0.2) is 0 Å². The lowest BCUT2D eigenvalue weighted by Crippen LogP contribution is -2.51. The molecule has 1 aromatic carbocycles. The second-order valence-corrected chi connectivity index (χ2v) is 6.50. The van der Waals surface area contributed by atoms with Crippen molar-refractivity contribution in [2.75, 3.05) is 25.0 Å². The number of carbonyl (C=O) groups excluding carboxylic acids is 2. The Kier molecular flexibility index (Phi) is 5.65. The maximum atomic E-state index is 12.6. The largest absolute Gasteiger partial charge is 0.336 e. The Morgan fingerprint density at radius 3 is 2.70 bits per heavy atom. The first-order valence-corrected chi connectivity index (χ1v) is 7.98. The van der Waals surface area contributed by atoms with Gasteiger partial charge in [0.15, 0.2) is 0 Å². The third kappa shape index (κ3) is 4.24. The van der Waals surface area contributed by atoms with E-state index in [1.807, 2.05) is 23.1 Å². The lowest BCUT2D eigenvalue weighted by Gasteiger charge is -2.32. The van der Waals surface area contributed by atoms with Gasteiger partial charge in [-0.2, -0.15) is 0 Å². The van der Waals surface area contributed by atoms with Crippen molar-refractivity contribution in [2.45, 2.75) is 26.3 Å². The Morgan fingerprint density at radius 2 is 2.04 bits per heavy atom. The molecule has 2 N–H and O–H groups in total. The van der Waals surface area contributed by atoms with Crippen LogP contribution in [0, 0.1) is 11.8 Å². The molecule has 1 heterocycles. The van der Waals surface area contributed by atoms with Gasteiger partial charge in [0.2, 0.25) is 5.91 Å². The molecule has 1 aliphatic heterocycles. The van der Waals surface area contributed by atoms with Crippen LogP contribution in [-0.2, 0) is 4.79 Å². The van der Waals surface area contributed by atoms with E-state index in [4.69, 9.17) is 0 Å². The molecule has 2 aliphatic rings. The van der Waals surface area contributed by atoms with Gasteiger partial charge in [0, 0.05) is 42.8 Å². The number of amides is 2. The van der Waals surface area contributed by atoms with E-state index in [0.29, 0.717) is 23.2 Å². The van der Waals surface area contributed by atoms with Crippen LogP contribution >= 0.6 is 12.4 Å². The highest BCUT2D eigenvalue weighted by molar-refractivity contribution is 5.98. The summed E-state index contributed by atoms with van der Waals surface area (Å²) in [5, 5.41) is 6.25. The highest BCUT2D eigenvalue weighted by Gasteiger charge is 2.39. The van der Waals surface area contributed by atoms with Crippen molar-refractivity contribution in [3.05, 3.63) is 29.8 Å². The average molecular weight is 338 g/mol. The summed E-state index contributed by atoms with van der Waals surface area (Å²) in [4.78, 5) is 26.4. The van der Waals surface area contributed by atoms with Crippen molar-refractivity contribution in [1.29, 1.82) is 0 Å². The van der Waals surface area contributed by atoms with Gasteiger partial charge in [-0.3, -0.25) is 9.59 Å². The second kappa shape index (κ2) is 7.32. The number of benzene rings is 1. The van der Waals surface area contributed by atoms with E-state index in [1.165, 1.54) is 0 Å². The summed E-state index contributed by atoms with van der Waals surface area (Å²) in [6.07, 6.45) is 0.961. The van der Waals surface area contributed by atoms with Gasteiger partial charge < -0.3 is 15.5 Å². The third-order valence-electron chi connectivity index (χ3n) is 4.48. The monoisotopic (exact) mass is 337 g/mol. The predicted octanol–water partition coefficient (Wildman–Crippen LogP) is 2.14. The molecule has 5 nitrogen and oxygen atoms in total. The fraction of sp³-hybridized carbons (Fsp3) is 0.529. The second-order valence-electron chi connectivity index (χ2n) is 6.50. The molecule has 1 saturated carbocycles. The van der Waals surface area contributed by atoms with Crippen LogP contribution in [-0.4, -0.2) is 42.4 Å². The lowest BCUT2D eigenvalue weighted by atomic mass is 10.1. The number of nitrogens with zero attached hydrogens (tertiary/aromatic N) is 1. The zero-order valence-electron chi connectivity index (χ0n) is 13.5. The molecule has 23 heavy (non-hydrogen) atoms.